The lowest BCUT2D eigenvalue weighted by molar-refractivity contribution is -0.159. The molecule has 0 aliphatic heterocycles. The zero-order chi connectivity index (χ0) is 16.9. The lowest BCUT2D eigenvalue weighted by atomic mass is 9.45. The Morgan fingerprint density at radius 2 is 1.88 bits per heavy atom. The summed E-state index contributed by atoms with van der Waals surface area (Å²) in [6, 6.07) is 0. The van der Waals surface area contributed by atoms with Gasteiger partial charge in [0.2, 0.25) is 0 Å². The molecule has 6 atom stereocenters. The summed E-state index contributed by atoms with van der Waals surface area (Å²) in [7, 11) is 0. The lowest BCUT2D eigenvalue weighted by Crippen LogP contribution is -2.56. The van der Waals surface area contributed by atoms with Crippen molar-refractivity contribution in [1.82, 2.24) is 0 Å². The molecule has 0 heterocycles. The van der Waals surface area contributed by atoms with Crippen LogP contribution in [0.1, 0.15) is 71.6 Å². The van der Waals surface area contributed by atoms with Crippen molar-refractivity contribution < 1.29 is 14.3 Å². The largest absolute Gasteiger partial charge is 0.381 e. The highest BCUT2D eigenvalue weighted by molar-refractivity contribution is 5.87. The number of rotatable bonds is 3. The molecule has 0 spiro atoms. The molecule has 0 aromatic heterocycles. The SMILES string of the molecule is CCOC[C@]12CCC(=O)C[C@@H]1CC[C@@H]1[C@@H]2CC[C@]2(C)C(=O)CC[C@@H]12. The first kappa shape index (κ1) is 16.8. The van der Waals surface area contributed by atoms with E-state index in [0.29, 0.717) is 35.2 Å². The van der Waals surface area contributed by atoms with E-state index in [4.69, 9.17) is 4.74 Å². The highest BCUT2D eigenvalue weighted by Crippen LogP contribution is 2.65. The van der Waals surface area contributed by atoms with E-state index in [0.717, 1.165) is 51.7 Å². The third-order valence-corrected chi connectivity index (χ3v) is 8.46. The second-order valence-electron chi connectivity index (χ2n) is 9.18. The van der Waals surface area contributed by atoms with Gasteiger partial charge in [0.25, 0.3) is 0 Å². The molecule has 3 heteroatoms. The molecule has 0 saturated heterocycles. The maximum atomic E-state index is 12.5. The number of carbonyl (C=O) groups is 2. The number of hydrogen-bond acceptors (Lipinski definition) is 3. The molecule has 4 aliphatic carbocycles. The van der Waals surface area contributed by atoms with Crippen LogP contribution in [0, 0.1) is 34.5 Å². The average molecular weight is 332 g/mol. The van der Waals surface area contributed by atoms with Gasteiger partial charge in [-0.3, -0.25) is 9.59 Å². The zero-order valence-electron chi connectivity index (χ0n) is 15.3. The first-order valence-corrected chi connectivity index (χ1v) is 10.1. The van der Waals surface area contributed by atoms with Crippen LogP contribution in [0.2, 0.25) is 0 Å². The molecule has 4 saturated carbocycles. The molecule has 0 N–H and O–H groups in total. The van der Waals surface area contributed by atoms with Gasteiger partial charge in [0, 0.05) is 36.7 Å². The Morgan fingerprint density at radius 1 is 1.04 bits per heavy atom. The van der Waals surface area contributed by atoms with Crippen LogP contribution in [-0.2, 0) is 14.3 Å². The fourth-order valence-corrected chi connectivity index (χ4v) is 7.19. The standard InChI is InChI=1S/C21H32O3/c1-3-24-13-21-11-8-15(22)12-14(21)4-5-16-17-6-7-19(23)20(17,2)10-9-18(16)21/h14,16-18H,3-13H2,1-2H3/t14-,16-,17-,18-,20-,21+/m0/s1. The summed E-state index contributed by atoms with van der Waals surface area (Å²) < 4.78 is 6.00. The summed E-state index contributed by atoms with van der Waals surface area (Å²) in [6.07, 6.45) is 9.06. The molecule has 4 aliphatic rings. The molecular weight excluding hydrogens is 300 g/mol. The fraction of sp³-hybridized carbons (Fsp3) is 0.905. The number of hydrogen-bond donors (Lipinski definition) is 0. The molecule has 0 amide bonds. The van der Waals surface area contributed by atoms with E-state index in [1.165, 1.54) is 19.3 Å². The van der Waals surface area contributed by atoms with Crippen LogP contribution in [0.25, 0.3) is 0 Å². The van der Waals surface area contributed by atoms with Crippen molar-refractivity contribution in [3.63, 3.8) is 0 Å². The van der Waals surface area contributed by atoms with Crippen LogP contribution >= 0.6 is 0 Å². The van der Waals surface area contributed by atoms with E-state index in [2.05, 4.69) is 13.8 Å². The van der Waals surface area contributed by atoms with Gasteiger partial charge in [-0.05, 0) is 69.1 Å². The van der Waals surface area contributed by atoms with E-state index in [-0.39, 0.29) is 10.8 Å². The summed E-state index contributed by atoms with van der Waals surface area (Å²) in [5.41, 5.74) is 0.158. The summed E-state index contributed by atoms with van der Waals surface area (Å²) in [5, 5.41) is 0. The van der Waals surface area contributed by atoms with Crippen LogP contribution in [0.3, 0.4) is 0 Å². The Balaban J connectivity index is 1.66. The molecule has 4 rings (SSSR count). The van der Waals surface area contributed by atoms with Gasteiger partial charge in [-0.2, -0.15) is 0 Å². The van der Waals surface area contributed by atoms with Gasteiger partial charge < -0.3 is 4.74 Å². The second kappa shape index (κ2) is 5.93. The third-order valence-electron chi connectivity index (χ3n) is 8.46. The van der Waals surface area contributed by atoms with Crippen LogP contribution in [-0.4, -0.2) is 24.8 Å². The van der Waals surface area contributed by atoms with Crippen LogP contribution < -0.4 is 0 Å². The van der Waals surface area contributed by atoms with E-state index in [1.54, 1.807) is 0 Å². The average Bonchev–Trinajstić information content (AvgIpc) is 2.88. The summed E-state index contributed by atoms with van der Waals surface area (Å²) in [4.78, 5) is 24.6. The Kier molecular flexibility index (Phi) is 4.14. The molecule has 0 aromatic carbocycles. The minimum Gasteiger partial charge on any atom is -0.381 e. The van der Waals surface area contributed by atoms with Gasteiger partial charge in [-0.1, -0.05) is 6.92 Å². The maximum Gasteiger partial charge on any atom is 0.139 e. The van der Waals surface area contributed by atoms with Crippen LogP contribution in [0.5, 0.6) is 0 Å². The maximum absolute atomic E-state index is 12.5. The van der Waals surface area contributed by atoms with Gasteiger partial charge in [0.15, 0.2) is 0 Å². The number of ether oxygens (including phenoxy) is 1. The normalized spacial score (nSPS) is 47.9. The Bertz CT molecular complexity index is 541. The summed E-state index contributed by atoms with van der Waals surface area (Å²) in [5.74, 6) is 3.43. The molecule has 4 fully saturated rings. The van der Waals surface area contributed by atoms with Crippen LogP contribution in [0.4, 0.5) is 0 Å². The van der Waals surface area contributed by atoms with Gasteiger partial charge in [-0.15, -0.1) is 0 Å². The molecular formula is C21H32O3. The van der Waals surface area contributed by atoms with Gasteiger partial charge in [-0.25, -0.2) is 0 Å². The van der Waals surface area contributed by atoms with Crippen molar-refractivity contribution in [1.29, 1.82) is 0 Å². The quantitative estimate of drug-likeness (QED) is 0.778. The fourth-order valence-electron chi connectivity index (χ4n) is 7.19. The molecule has 0 bridgehead atoms. The Morgan fingerprint density at radius 3 is 2.67 bits per heavy atom. The van der Waals surface area contributed by atoms with Crippen molar-refractivity contribution in [2.45, 2.75) is 71.6 Å². The second-order valence-corrected chi connectivity index (χ2v) is 9.18. The Labute approximate surface area is 145 Å². The van der Waals surface area contributed by atoms with Crippen molar-refractivity contribution in [2.24, 2.45) is 34.5 Å². The summed E-state index contributed by atoms with van der Waals surface area (Å²) >= 11 is 0. The number of Topliss-reactive ketones (excluding diaryl/α,β-unsaturated/α-hetero) is 2. The lowest BCUT2D eigenvalue weighted by Gasteiger charge is -2.60. The first-order valence-electron chi connectivity index (χ1n) is 10.1. The van der Waals surface area contributed by atoms with Crippen molar-refractivity contribution in [3.8, 4) is 0 Å². The molecule has 0 unspecified atom stereocenters. The third kappa shape index (κ3) is 2.26. The van der Waals surface area contributed by atoms with E-state index in [1.807, 2.05) is 0 Å². The van der Waals surface area contributed by atoms with Crippen molar-refractivity contribution in [2.75, 3.05) is 13.2 Å². The van der Waals surface area contributed by atoms with Gasteiger partial charge in [0.1, 0.15) is 11.6 Å². The minimum absolute atomic E-state index is 0.0503. The molecule has 0 radical (unpaired) electrons. The van der Waals surface area contributed by atoms with Crippen molar-refractivity contribution >= 4 is 11.6 Å². The monoisotopic (exact) mass is 332 g/mol. The number of ketones is 2. The summed E-state index contributed by atoms with van der Waals surface area (Å²) in [6.45, 7) is 5.92. The number of fused-ring (bicyclic) bond motifs is 5. The minimum atomic E-state index is -0.0503. The number of carbonyl (C=O) groups excluding carboxylic acids is 2. The Hall–Kier alpha value is -0.700. The molecule has 0 aromatic rings. The van der Waals surface area contributed by atoms with E-state index >= 15 is 0 Å². The zero-order valence-corrected chi connectivity index (χ0v) is 15.3. The molecule has 134 valence electrons. The van der Waals surface area contributed by atoms with Gasteiger partial charge in [0.05, 0.1) is 6.61 Å². The van der Waals surface area contributed by atoms with Crippen molar-refractivity contribution in [3.05, 3.63) is 0 Å². The van der Waals surface area contributed by atoms with Gasteiger partial charge >= 0.3 is 0 Å². The highest BCUT2D eigenvalue weighted by Gasteiger charge is 2.61. The van der Waals surface area contributed by atoms with E-state index in [9.17, 15) is 9.59 Å². The van der Waals surface area contributed by atoms with E-state index < -0.39 is 0 Å². The topological polar surface area (TPSA) is 43.4 Å². The predicted molar refractivity (Wildman–Crippen MR) is 92.6 cm³/mol. The predicted octanol–water partition coefficient (Wildman–Crippen LogP) is 4.18. The highest BCUT2D eigenvalue weighted by atomic mass is 16.5. The molecule has 3 nitrogen and oxygen atoms in total. The smallest absolute Gasteiger partial charge is 0.139 e. The molecule has 24 heavy (non-hydrogen) atoms. The van der Waals surface area contributed by atoms with Crippen LogP contribution in [0.15, 0.2) is 0 Å². The first-order chi connectivity index (χ1) is 11.5.